The molecule has 1 aliphatic rings. The number of terminal acetylenes is 1. The minimum atomic E-state index is -4.73. The highest BCUT2D eigenvalue weighted by Crippen LogP contribution is 2.38. The number of hydrogen-bond donors (Lipinski definition) is 0. The van der Waals surface area contributed by atoms with Gasteiger partial charge in [-0.1, -0.05) is 17.5 Å². The largest absolute Gasteiger partial charge is 0.467 e. The van der Waals surface area contributed by atoms with Gasteiger partial charge >= 0.3 is 6.18 Å². The number of piperidine rings is 1. The van der Waals surface area contributed by atoms with Gasteiger partial charge < -0.3 is 9.64 Å². The van der Waals surface area contributed by atoms with Gasteiger partial charge in [-0.05, 0) is 19.3 Å². The molecule has 23 heavy (non-hydrogen) atoms. The molecular weight excluding hydrogens is 335 g/mol. The van der Waals surface area contributed by atoms with Crippen molar-refractivity contribution < 1.29 is 22.7 Å². The number of carbonyl (C=O) groups excluding carboxylic acids is 1. The van der Waals surface area contributed by atoms with Crippen molar-refractivity contribution >= 4 is 17.5 Å². The number of likely N-dealkylation sites (tertiary alicyclic amines) is 1. The normalized spacial score (nSPS) is 15.3. The Balaban J connectivity index is 2.13. The molecule has 1 aliphatic heterocycles. The predicted molar refractivity (Wildman–Crippen MR) is 77.0 cm³/mol. The molecule has 0 unspecified atom stereocenters. The quantitative estimate of drug-likeness (QED) is 0.785. The fourth-order valence-electron chi connectivity index (χ4n) is 2.30. The van der Waals surface area contributed by atoms with E-state index in [1.165, 1.54) is 0 Å². The molecule has 0 saturated carbocycles. The number of alkyl halides is 3. The van der Waals surface area contributed by atoms with Crippen LogP contribution in [0.25, 0.3) is 0 Å². The second-order valence-electron chi connectivity index (χ2n) is 5.06. The number of rotatable bonds is 4. The lowest BCUT2D eigenvalue weighted by molar-refractivity contribution is -0.141. The summed E-state index contributed by atoms with van der Waals surface area (Å²) in [7, 11) is 0. The highest BCUT2D eigenvalue weighted by Gasteiger charge is 2.39. The first-order chi connectivity index (χ1) is 10.8. The summed E-state index contributed by atoms with van der Waals surface area (Å²) in [6.45, 7) is 0.580. The van der Waals surface area contributed by atoms with E-state index < -0.39 is 23.5 Å². The molecule has 0 radical (unpaired) electrons. The van der Waals surface area contributed by atoms with Crippen LogP contribution in [0.1, 0.15) is 25.0 Å². The Kier molecular flexibility index (Phi) is 5.42. The van der Waals surface area contributed by atoms with E-state index in [4.69, 9.17) is 22.8 Å². The second kappa shape index (κ2) is 7.13. The molecule has 9 heteroatoms. The summed E-state index contributed by atoms with van der Waals surface area (Å²) in [6, 6.07) is 0. The average molecular weight is 350 g/mol. The van der Waals surface area contributed by atoms with Crippen LogP contribution in [0, 0.1) is 12.3 Å². The van der Waals surface area contributed by atoms with Gasteiger partial charge in [0.15, 0.2) is 12.3 Å². The summed E-state index contributed by atoms with van der Waals surface area (Å²) in [5.41, 5.74) is -1.28. The fourth-order valence-corrected chi connectivity index (χ4v) is 2.60. The van der Waals surface area contributed by atoms with Crippen LogP contribution in [0.15, 0.2) is 0 Å². The average Bonchev–Trinajstić information content (AvgIpc) is 2.82. The maximum Gasteiger partial charge on any atom is 0.436 e. The Bertz CT molecular complexity index is 616. The van der Waals surface area contributed by atoms with Gasteiger partial charge in [0.1, 0.15) is 11.6 Å². The molecule has 1 aromatic rings. The van der Waals surface area contributed by atoms with Crippen LogP contribution < -0.4 is 4.74 Å². The molecule has 1 fully saturated rings. The first-order valence-corrected chi connectivity index (χ1v) is 7.40. The Labute approximate surface area is 136 Å². The minimum Gasteiger partial charge on any atom is -0.467 e. The van der Waals surface area contributed by atoms with Crippen LogP contribution in [-0.2, 0) is 17.5 Å². The van der Waals surface area contributed by atoms with Gasteiger partial charge in [0.05, 0.1) is 0 Å². The number of hydrogen-bond acceptors (Lipinski definition) is 3. The maximum atomic E-state index is 12.8. The second-order valence-corrected chi connectivity index (χ2v) is 5.44. The van der Waals surface area contributed by atoms with Crippen LogP contribution in [0.4, 0.5) is 13.2 Å². The molecule has 2 heterocycles. The van der Waals surface area contributed by atoms with Crippen molar-refractivity contribution in [3.8, 4) is 18.2 Å². The van der Waals surface area contributed by atoms with Crippen molar-refractivity contribution in [2.24, 2.45) is 0 Å². The van der Waals surface area contributed by atoms with Gasteiger partial charge in [0, 0.05) is 13.1 Å². The highest BCUT2D eigenvalue weighted by atomic mass is 35.5. The Hall–Kier alpha value is -1.88. The van der Waals surface area contributed by atoms with E-state index in [1.54, 1.807) is 4.90 Å². The van der Waals surface area contributed by atoms with Crippen LogP contribution in [0.2, 0.25) is 5.02 Å². The molecule has 1 saturated heterocycles. The van der Waals surface area contributed by atoms with Crippen molar-refractivity contribution in [3.05, 3.63) is 10.7 Å². The Morgan fingerprint density at radius 1 is 1.35 bits per heavy atom. The smallest absolute Gasteiger partial charge is 0.436 e. The number of ether oxygens (including phenoxy) is 1. The summed E-state index contributed by atoms with van der Waals surface area (Å²) in [5, 5.41) is 2.63. The lowest BCUT2D eigenvalue weighted by Gasteiger charge is -2.26. The van der Waals surface area contributed by atoms with E-state index in [0.717, 1.165) is 23.9 Å². The zero-order chi connectivity index (χ0) is 17.0. The van der Waals surface area contributed by atoms with Gasteiger partial charge in [-0.2, -0.15) is 18.3 Å². The number of halogens is 4. The standard InChI is InChI=1S/C14H15ClF3N3O2/c1-2-6-21-13(11(15)12(19-21)14(16,17)18)23-9-10(22)20-7-4-3-5-8-20/h1H,3-9H2. The first-order valence-electron chi connectivity index (χ1n) is 7.02. The lowest BCUT2D eigenvalue weighted by Crippen LogP contribution is -2.38. The van der Waals surface area contributed by atoms with Gasteiger partial charge in [-0.25, -0.2) is 4.68 Å². The van der Waals surface area contributed by atoms with Gasteiger partial charge in [-0.15, -0.1) is 6.42 Å². The van der Waals surface area contributed by atoms with E-state index in [9.17, 15) is 18.0 Å². The molecule has 1 amide bonds. The number of carbonyl (C=O) groups is 1. The zero-order valence-electron chi connectivity index (χ0n) is 12.2. The number of aromatic nitrogens is 2. The zero-order valence-corrected chi connectivity index (χ0v) is 13.0. The van der Waals surface area contributed by atoms with E-state index in [0.29, 0.717) is 13.1 Å². The number of amides is 1. The van der Waals surface area contributed by atoms with Crippen LogP contribution in [-0.4, -0.2) is 40.3 Å². The molecule has 0 aliphatic carbocycles. The van der Waals surface area contributed by atoms with Crippen molar-refractivity contribution in [2.45, 2.75) is 32.0 Å². The summed E-state index contributed by atoms with van der Waals surface area (Å²) in [6.07, 6.45) is 3.24. The highest BCUT2D eigenvalue weighted by molar-refractivity contribution is 6.32. The summed E-state index contributed by atoms with van der Waals surface area (Å²) >= 11 is 5.70. The fraction of sp³-hybridized carbons (Fsp3) is 0.571. The Morgan fingerprint density at radius 3 is 2.57 bits per heavy atom. The topological polar surface area (TPSA) is 47.4 Å². The van der Waals surface area contributed by atoms with E-state index in [2.05, 4.69) is 11.0 Å². The SMILES string of the molecule is C#CCn1nc(C(F)(F)F)c(Cl)c1OCC(=O)N1CCCCC1. The molecule has 1 aromatic heterocycles. The van der Waals surface area contributed by atoms with E-state index >= 15 is 0 Å². The van der Waals surface area contributed by atoms with Crippen LogP contribution in [0.3, 0.4) is 0 Å². The molecule has 0 N–H and O–H groups in total. The van der Waals surface area contributed by atoms with Gasteiger partial charge in [-0.3, -0.25) is 4.79 Å². The van der Waals surface area contributed by atoms with Crippen molar-refractivity contribution in [3.63, 3.8) is 0 Å². The molecule has 126 valence electrons. The third-order valence-electron chi connectivity index (χ3n) is 3.40. The molecule has 2 rings (SSSR count). The third-order valence-corrected chi connectivity index (χ3v) is 3.74. The maximum absolute atomic E-state index is 12.8. The first kappa shape index (κ1) is 17.5. The molecule has 5 nitrogen and oxygen atoms in total. The third kappa shape index (κ3) is 4.10. The van der Waals surface area contributed by atoms with Gasteiger partial charge in [0.2, 0.25) is 5.88 Å². The van der Waals surface area contributed by atoms with E-state index in [1.807, 2.05) is 0 Å². The van der Waals surface area contributed by atoms with Crippen LogP contribution >= 0.6 is 11.6 Å². The minimum absolute atomic E-state index is 0.247. The van der Waals surface area contributed by atoms with Crippen molar-refractivity contribution in [1.29, 1.82) is 0 Å². The van der Waals surface area contributed by atoms with Crippen molar-refractivity contribution in [2.75, 3.05) is 19.7 Å². The molecule has 0 atom stereocenters. The van der Waals surface area contributed by atoms with Gasteiger partial charge in [0.25, 0.3) is 5.91 Å². The number of nitrogens with zero attached hydrogens (tertiary/aromatic N) is 3. The molecular formula is C14H15ClF3N3O2. The van der Waals surface area contributed by atoms with E-state index in [-0.39, 0.29) is 18.3 Å². The summed E-state index contributed by atoms with van der Waals surface area (Å²) < 4.78 is 44.5. The molecule has 0 aromatic carbocycles. The molecule has 0 spiro atoms. The van der Waals surface area contributed by atoms with Crippen molar-refractivity contribution in [1.82, 2.24) is 14.7 Å². The summed E-state index contributed by atoms with van der Waals surface area (Å²) in [5.74, 6) is 1.52. The monoisotopic (exact) mass is 349 g/mol. The summed E-state index contributed by atoms with van der Waals surface area (Å²) in [4.78, 5) is 13.6. The van der Waals surface area contributed by atoms with Crippen LogP contribution in [0.5, 0.6) is 5.88 Å². The Morgan fingerprint density at radius 2 is 2.00 bits per heavy atom. The predicted octanol–water partition coefficient (Wildman–Crippen LogP) is 2.58. The molecule has 0 bridgehead atoms. The lowest BCUT2D eigenvalue weighted by atomic mass is 10.1.